The molecule has 0 saturated heterocycles. The molecule has 0 bridgehead atoms. The van der Waals surface area contributed by atoms with Crippen LogP contribution in [0.25, 0.3) is 77.0 Å². The molecule has 2 aliphatic rings. The fourth-order valence-electron chi connectivity index (χ4n) is 8.32. The second-order valence-electron chi connectivity index (χ2n) is 13.8. The third-order valence-electron chi connectivity index (χ3n) is 10.8. The van der Waals surface area contributed by atoms with Gasteiger partial charge in [0.25, 0.3) is 0 Å². The van der Waals surface area contributed by atoms with Gasteiger partial charge in [-0.25, -0.2) is 9.97 Å². The van der Waals surface area contributed by atoms with Crippen LogP contribution >= 0.6 is 0 Å². The van der Waals surface area contributed by atoms with Crippen LogP contribution in [-0.4, -0.2) is 9.97 Å². The van der Waals surface area contributed by atoms with Gasteiger partial charge in [-0.1, -0.05) is 140 Å². The number of fused-ring (bicyclic) bond motifs is 6. The van der Waals surface area contributed by atoms with Crippen molar-refractivity contribution in [2.45, 2.75) is 19.4 Å². The van der Waals surface area contributed by atoms with Crippen molar-refractivity contribution in [1.29, 1.82) is 0 Å². The molecule has 0 saturated carbocycles. The molecule has 0 amide bonds. The van der Waals surface area contributed by atoms with Gasteiger partial charge >= 0.3 is 0 Å². The van der Waals surface area contributed by atoms with Crippen LogP contribution in [0.5, 0.6) is 0 Å². The van der Waals surface area contributed by atoms with Crippen LogP contribution in [0.3, 0.4) is 0 Å². The van der Waals surface area contributed by atoms with Crippen molar-refractivity contribution in [1.82, 2.24) is 15.3 Å². The van der Waals surface area contributed by atoms with E-state index in [1.807, 2.05) is 0 Å². The van der Waals surface area contributed by atoms with Crippen molar-refractivity contribution in [3.63, 3.8) is 0 Å². The summed E-state index contributed by atoms with van der Waals surface area (Å²) in [5.41, 5.74) is 9.06. The van der Waals surface area contributed by atoms with Crippen molar-refractivity contribution in [3.05, 3.63) is 181 Å². The Kier molecular flexibility index (Phi) is 6.92. The Labute approximate surface area is 297 Å². The summed E-state index contributed by atoms with van der Waals surface area (Å²) >= 11 is 0. The van der Waals surface area contributed by atoms with Crippen LogP contribution in [0, 0.1) is 5.92 Å². The number of allylic oxidation sites excluding steroid dienone is 4. The third-order valence-corrected chi connectivity index (χ3v) is 10.8. The maximum atomic E-state index is 5.36. The van der Waals surface area contributed by atoms with E-state index in [1.54, 1.807) is 0 Å². The average molecular weight is 654 g/mol. The molecule has 2 heterocycles. The molecular formula is C48H35N3. The van der Waals surface area contributed by atoms with Crippen molar-refractivity contribution in [2.75, 3.05) is 0 Å². The van der Waals surface area contributed by atoms with E-state index in [0.29, 0.717) is 11.7 Å². The predicted octanol–water partition coefficient (Wildman–Crippen LogP) is 12.1. The standard InChI is InChI=1S/C48H35N3/c1-30-11-10-14-31-25-26-49-47(46(30)31)32-21-23-33(24-22-32)48-50-44(42-27-34-12-2-4-15-36(34)38-17-6-8-19-40(38)42)29-45(51-48)43-28-35-13-3-5-16-37(35)39-18-7-9-20-41(39)43/h2-10,12-30,47,49H,11H2,1H3. The van der Waals surface area contributed by atoms with Gasteiger partial charge in [0.05, 0.1) is 17.4 Å². The normalized spacial score (nSPS) is 17.0. The number of hydrogen-bond donors (Lipinski definition) is 1. The van der Waals surface area contributed by atoms with Crippen molar-refractivity contribution >= 4 is 43.1 Å². The zero-order valence-electron chi connectivity index (χ0n) is 28.3. The molecule has 242 valence electrons. The lowest BCUT2D eigenvalue weighted by atomic mass is 9.80. The van der Waals surface area contributed by atoms with Crippen LogP contribution in [0.2, 0.25) is 0 Å². The molecule has 7 aromatic carbocycles. The molecule has 1 N–H and O–H groups in total. The SMILES string of the molecule is CC1CC=CC2=C1C(c1ccc(-c3nc(-c4cc5ccccc5c5ccccc45)cc(-c4cc5ccccc5c5ccccc45)n3)cc1)NC=C2. The van der Waals surface area contributed by atoms with Crippen LogP contribution in [0.15, 0.2) is 175 Å². The van der Waals surface area contributed by atoms with E-state index in [0.717, 1.165) is 34.5 Å². The minimum atomic E-state index is 0.148. The fourth-order valence-corrected chi connectivity index (χ4v) is 8.32. The lowest BCUT2D eigenvalue weighted by Crippen LogP contribution is -2.26. The Morgan fingerprint density at radius 2 is 1.08 bits per heavy atom. The minimum Gasteiger partial charge on any atom is -0.380 e. The molecule has 0 spiro atoms. The predicted molar refractivity (Wildman–Crippen MR) is 213 cm³/mol. The zero-order chi connectivity index (χ0) is 33.9. The first-order chi connectivity index (χ1) is 25.2. The van der Waals surface area contributed by atoms with Gasteiger partial charge in [-0.2, -0.15) is 0 Å². The van der Waals surface area contributed by atoms with Gasteiger partial charge < -0.3 is 5.32 Å². The first kappa shape index (κ1) is 29.6. The Morgan fingerprint density at radius 1 is 0.549 bits per heavy atom. The monoisotopic (exact) mass is 653 g/mol. The quantitative estimate of drug-likeness (QED) is 0.192. The van der Waals surface area contributed by atoms with Crippen molar-refractivity contribution in [3.8, 4) is 33.9 Å². The number of benzene rings is 7. The molecule has 1 aliphatic heterocycles. The van der Waals surface area contributed by atoms with E-state index < -0.39 is 0 Å². The smallest absolute Gasteiger partial charge is 0.160 e. The molecule has 2 unspecified atom stereocenters. The third kappa shape index (κ3) is 4.96. The highest BCUT2D eigenvalue weighted by molar-refractivity contribution is 6.15. The Bertz CT molecular complexity index is 2630. The number of aromatic nitrogens is 2. The summed E-state index contributed by atoms with van der Waals surface area (Å²) in [7, 11) is 0. The molecule has 2 atom stereocenters. The second-order valence-corrected chi connectivity index (χ2v) is 13.8. The molecule has 8 aromatic rings. The van der Waals surface area contributed by atoms with Crippen LogP contribution in [0.4, 0.5) is 0 Å². The number of nitrogens with zero attached hydrogens (tertiary/aromatic N) is 2. The number of hydrogen-bond acceptors (Lipinski definition) is 3. The summed E-state index contributed by atoms with van der Waals surface area (Å²) in [6, 6.07) is 50.4. The van der Waals surface area contributed by atoms with E-state index in [1.165, 1.54) is 59.8 Å². The second kappa shape index (κ2) is 11.9. The van der Waals surface area contributed by atoms with Gasteiger partial charge in [-0.05, 0) is 103 Å². The summed E-state index contributed by atoms with van der Waals surface area (Å²) in [5.74, 6) is 1.21. The van der Waals surface area contributed by atoms with Gasteiger partial charge in [-0.15, -0.1) is 0 Å². The van der Waals surface area contributed by atoms with E-state index in [2.05, 4.69) is 176 Å². The Hall–Kier alpha value is -6.32. The van der Waals surface area contributed by atoms with Gasteiger partial charge in [0.15, 0.2) is 5.82 Å². The number of nitrogens with one attached hydrogen (secondary N) is 1. The summed E-state index contributed by atoms with van der Waals surface area (Å²) in [5, 5.41) is 13.3. The van der Waals surface area contributed by atoms with E-state index in [9.17, 15) is 0 Å². The summed E-state index contributed by atoms with van der Waals surface area (Å²) < 4.78 is 0. The minimum absolute atomic E-state index is 0.148. The highest BCUT2D eigenvalue weighted by atomic mass is 14.9. The molecular weight excluding hydrogens is 619 g/mol. The van der Waals surface area contributed by atoms with Crippen LogP contribution in [0.1, 0.15) is 24.9 Å². The van der Waals surface area contributed by atoms with Crippen LogP contribution in [-0.2, 0) is 0 Å². The highest BCUT2D eigenvalue weighted by Crippen LogP contribution is 2.41. The fraction of sp³-hybridized carbons (Fsp3) is 0.0833. The summed E-state index contributed by atoms with van der Waals surface area (Å²) in [6.45, 7) is 2.33. The lowest BCUT2D eigenvalue weighted by Gasteiger charge is -2.32. The van der Waals surface area contributed by atoms with E-state index >= 15 is 0 Å². The van der Waals surface area contributed by atoms with Crippen molar-refractivity contribution < 1.29 is 0 Å². The van der Waals surface area contributed by atoms with Gasteiger partial charge in [0.1, 0.15) is 0 Å². The highest BCUT2D eigenvalue weighted by Gasteiger charge is 2.26. The molecule has 3 nitrogen and oxygen atoms in total. The first-order valence-corrected chi connectivity index (χ1v) is 17.8. The summed E-state index contributed by atoms with van der Waals surface area (Å²) in [4.78, 5) is 10.7. The molecule has 1 aliphatic carbocycles. The largest absolute Gasteiger partial charge is 0.380 e. The maximum Gasteiger partial charge on any atom is 0.160 e. The molecule has 0 fully saturated rings. The first-order valence-electron chi connectivity index (χ1n) is 17.8. The maximum absolute atomic E-state index is 5.36. The van der Waals surface area contributed by atoms with E-state index in [-0.39, 0.29) is 6.04 Å². The van der Waals surface area contributed by atoms with Gasteiger partial charge in [0, 0.05) is 16.7 Å². The van der Waals surface area contributed by atoms with Crippen LogP contribution < -0.4 is 5.32 Å². The number of dihydropyridines is 1. The molecule has 1 aromatic heterocycles. The summed E-state index contributed by atoms with van der Waals surface area (Å²) in [6.07, 6.45) is 9.90. The Balaban J connectivity index is 1.19. The van der Waals surface area contributed by atoms with Crippen molar-refractivity contribution in [2.24, 2.45) is 5.92 Å². The topological polar surface area (TPSA) is 37.8 Å². The Morgan fingerprint density at radius 3 is 1.67 bits per heavy atom. The molecule has 0 radical (unpaired) electrons. The molecule has 51 heavy (non-hydrogen) atoms. The zero-order valence-corrected chi connectivity index (χ0v) is 28.3. The van der Waals surface area contributed by atoms with Gasteiger partial charge in [-0.3, -0.25) is 0 Å². The molecule has 3 heteroatoms. The number of rotatable bonds is 4. The van der Waals surface area contributed by atoms with Gasteiger partial charge in [0.2, 0.25) is 0 Å². The van der Waals surface area contributed by atoms with E-state index in [4.69, 9.17) is 9.97 Å². The average Bonchev–Trinajstić information content (AvgIpc) is 3.20. The molecule has 10 rings (SSSR count). The lowest BCUT2D eigenvalue weighted by molar-refractivity contribution is 0.562.